The lowest BCUT2D eigenvalue weighted by molar-refractivity contribution is -0.144. The van der Waals surface area contributed by atoms with Gasteiger partial charge in [-0.2, -0.15) is 5.10 Å². The normalized spacial score (nSPS) is 32.6. The molecule has 20 heavy (non-hydrogen) atoms. The summed E-state index contributed by atoms with van der Waals surface area (Å²) in [5, 5.41) is 20.5. The van der Waals surface area contributed by atoms with Gasteiger partial charge in [0.05, 0.1) is 12.1 Å². The minimum atomic E-state index is -0.621. The van der Waals surface area contributed by atoms with Crippen LogP contribution in [0.3, 0.4) is 0 Å². The van der Waals surface area contributed by atoms with Crippen LogP contribution in [0.25, 0.3) is 0 Å². The quantitative estimate of drug-likeness (QED) is 0.887. The first kappa shape index (κ1) is 13.3. The van der Waals surface area contributed by atoms with Crippen molar-refractivity contribution in [2.75, 3.05) is 5.32 Å². The number of hydrogen-bond acceptors (Lipinski definition) is 4. The van der Waals surface area contributed by atoms with E-state index in [4.69, 9.17) is 5.11 Å². The maximum Gasteiger partial charge on any atom is 0.306 e. The largest absolute Gasteiger partial charge is 0.481 e. The van der Waals surface area contributed by atoms with Gasteiger partial charge in [0.1, 0.15) is 5.82 Å². The van der Waals surface area contributed by atoms with E-state index in [0.29, 0.717) is 11.5 Å². The summed E-state index contributed by atoms with van der Waals surface area (Å²) in [4.78, 5) is 11.0. The molecule has 0 amide bonds. The van der Waals surface area contributed by atoms with Gasteiger partial charge in [-0.25, -0.2) is 0 Å². The summed E-state index contributed by atoms with van der Waals surface area (Å²) in [5.74, 6) is 0.114. The fraction of sp³-hybridized carbons (Fsp3) is 0.667. The summed E-state index contributed by atoms with van der Waals surface area (Å²) < 4.78 is 0. The Balaban J connectivity index is 1.51. The molecule has 2 N–H and O–H groups in total. The third kappa shape index (κ3) is 2.62. The SMILES string of the molecule is Cc1cnnc(NC2CC3(CCC(C(=O)O)CC3)C2)c1. The van der Waals surface area contributed by atoms with Gasteiger partial charge in [0.2, 0.25) is 0 Å². The Hall–Kier alpha value is -1.65. The van der Waals surface area contributed by atoms with Crippen LogP contribution in [0, 0.1) is 18.3 Å². The van der Waals surface area contributed by atoms with Crippen LogP contribution in [0.2, 0.25) is 0 Å². The number of carboxylic acids is 1. The molecule has 2 fully saturated rings. The molecule has 1 spiro atoms. The lowest BCUT2D eigenvalue weighted by atomic mass is 9.57. The second-order valence-corrected chi connectivity index (χ2v) is 6.48. The van der Waals surface area contributed by atoms with E-state index in [0.717, 1.165) is 49.9 Å². The van der Waals surface area contributed by atoms with Crippen LogP contribution in [0.1, 0.15) is 44.1 Å². The second-order valence-electron chi connectivity index (χ2n) is 6.48. The van der Waals surface area contributed by atoms with E-state index in [1.807, 2.05) is 13.0 Å². The highest BCUT2D eigenvalue weighted by Crippen LogP contribution is 2.53. The number of carboxylic acid groups (broad SMARTS) is 1. The molecule has 2 saturated carbocycles. The van der Waals surface area contributed by atoms with Gasteiger partial charge in [-0.15, -0.1) is 5.10 Å². The van der Waals surface area contributed by atoms with Crippen molar-refractivity contribution in [3.63, 3.8) is 0 Å². The number of anilines is 1. The van der Waals surface area contributed by atoms with E-state index in [-0.39, 0.29) is 5.92 Å². The molecule has 108 valence electrons. The van der Waals surface area contributed by atoms with Gasteiger partial charge < -0.3 is 10.4 Å². The van der Waals surface area contributed by atoms with Crippen LogP contribution in [-0.4, -0.2) is 27.3 Å². The standard InChI is InChI=1S/C15H21N3O2/c1-10-6-13(18-16-9-10)17-12-7-15(8-12)4-2-11(3-5-15)14(19)20/h6,9,11-12H,2-5,7-8H2,1H3,(H,17,18)(H,19,20). The zero-order valence-electron chi connectivity index (χ0n) is 11.8. The lowest BCUT2D eigenvalue weighted by Crippen LogP contribution is -2.47. The zero-order chi connectivity index (χ0) is 14.2. The van der Waals surface area contributed by atoms with Crippen molar-refractivity contribution in [1.82, 2.24) is 10.2 Å². The zero-order valence-corrected chi connectivity index (χ0v) is 11.8. The molecule has 0 unspecified atom stereocenters. The average molecular weight is 275 g/mol. The number of hydrogen-bond donors (Lipinski definition) is 2. The Kier molecular flexibility index (Phi) is 3.36. The van der Waals surface area contributed by atoms with Crippen LogP contribution >= 0.6 is 0 Å². The first-order valence-electron chi connectivity index (χ1n) is 7.35. The summed E-state index contributed by atoms with van der Waals surface area (Å²) in [6, 6.07) is 2.48. The first-order valence-corrected chi connectivity index (χ1v) is 7.35. The highest BCUT2D eigenvalue weighted by molar-refractivity contribution is 5.70. The molecule has 5 heteroatoms. The van der Waals surface area contributed by atoms with Crippen LogP contribution in [0.4, 0.5) is 5.82 Å². The molecule has 2 aliphatic rings. The van der Waals surface area contributed by atoms with Crippen LogP contribution in [0.15, 0.2) is 12.3 Å². The van der Waals surface area contributed by atoms with Crippen LogP contribution in [0.5, 0.6) is 0 Å². The second kappa shape index (κ2) is 5.04. The van der Waals surface area contributed by atoms with Gasteiger partial charge in [0.25, 0.3) is 0 Å². The van der Waals surface area contributed by atoms with Gasteiger partial charge >= 0.3 is 5.97 Å². The van der Waals surface area contributed by atoms with E-state index in [9.17, 15) is 4.79 Å². The van der Waals surface area contributed by atoms with Crippen molar-refractivity contribution in [3.8, 4) is 0 Å². The van der Waals surface area contributed by atoms with Crippen molar-refractivity contribution in [1.29, 1.82) is 0 Å². The molecule has 0 atom stereocenters. The van der Waals surface area contributed by atoms with Gasteiger partial charge in [0, 0.05) is 6.04 Å². The summed E-state index contributed by atoms with van der Waals surface area (Å²) in [5.41, 5.74) is 1.50. The molecule has 0 saturated heterocycles. The predicted octanol–water partition coefficient (Wildman–Crippen LogP) is 2.62. The van der Waals surface area contributed by atoms with E-state index in [2.05, 4.69) is 15.5 Å². The Bertz CT molecular complexity index is 502. The van der Waals surface area contributed by atoms with Gasteiger partial charge in [0.15, 0.2) is 0 Å². The number of aryl methyl sites for hydroxylation is 1. The Morgan fingerprint density at radius 2 is 2.10 bits per heavy atom. The summed E-state index contributed by atoms with van der Waals surface area (Å²) in [6.45, 7) is 2.01. The smallest absolute Gasteiger partial charge is 0.306 e. The molecule has 0 bridgehead atoms. The third-order valence-electron chi connectivity index (χ3n) is 4.90. The maximum absolute atomic E-state index is 11.0. The minimum Gasteiger partial charge on any atom is -0.481 e. The molecule has 0 aliphatic heterocycles. The highest BCUT2D eigenvalue weighted by Gasteiger charge is 2.47. The maximum atomic E-state index is 11.0. The fourth-order valence-corrected chi connectivity index (χ4v) is 3.72. The topological polar surface area (TPSA) is 75.1 Å². The number of aliphatic carboxylic acids is 1. The Morgan fingerprint density at radius 3 is 2.70 bits per heavy atom. The summed E-state index contributed by atoms with van der Waals surface area (Å²) in [7, 11) is 0. The summed E-state index contributed by atoms with van der Waals surface area (Å²) >= 11 is 0. The summed E-state index contributed by atoms with van der Waals surface area (Å²) in [6.07, 6.45) is 7.81. The van der Waals surface area contributed by atoms with E-state index in [1.54, 1.807) is 6.20 Å². The van der Waals surface area contributed by atoms with E-state index in [1.165, 1.54) is 0 Å². The molecule has 1 aromatic heterocycles. The molecule has 2 aliphatic carbocycles. The molecule has 1 aromatic rings. The number of rotatable bonds is 3. The number of nitrogens with one attached hydrogen (secondary N) is 1. The van der Waals surface area contributed by atoms with Crippen LogP contribution in [-0.2, 0) is 4.79 Å². The molecule has 5 nitrogen and oxygen atoms in total. The van der Waals surface area contributed by atoms with Crippen molar-refractivity contribution in [2.45, 2.75) is 51.5 Å². The van der Waals surface area contributed by atoms with Crippen molar-refractivity contribution < 1.29 is 9.90 Å². The predicted molar refractivity (Wildman–Crippen MR) is 75.4 cm³/mol. The molecule has 0 aromatic carbocycles. The lowest BCUT2D eigenvalue weighted by Gasteiger charge is -2.51. The van der Waals surface area contributed by atoms with Crippen molar-refractivity contribution in [3.05, 3.63) is 17.8 Å². The van der Waals surface area contributed by atoms with Gasteiger partial charge in [-0.3, -0.25) is 4.79 Å². The number of nitrogens with zero attached hydrogens (tertiary/aromatic N) is 2. The Morgan fingerprint density at radius 1 is 1.40 bits per heavy atom. The van der Waals surface area contributed by atoms with Gasteiger partial charge in [-0.1, -0.05) is 0 Å². The first-order chi connectivity index (χ1) is 9.56. The van der Waals surface area contributed by atoms with Crippen molar-refractivity contribution >= 4 is 11.8 Å². The monoisotopic (exact) mass is 275 g/mol. The molecule has 1 heterocycles. The molecular formula is C15H21N3O2. The minimum absolute atomic E-state index is 0.115. The molecular weight excluding hydrogens is 254 g/mol. The fourth-order valence-electron chi connectivity index (χ4n) is 3.72. The van der Waals surface area contributed by atoms with Gasteiger partial charge in [-0.05, 0) is 62.5 Å². The van der Waals surface area contributed by atoms with Crippen LogP contribution < -0.4 is 5.32 Å². The average Bonchev–Trinajstić information content (AvgIpc) is 2.37. The highest BCUT2D eigenvalue weighted by atomic mass is 16.4. The number of aromatic nitrogens is 2. The Labute approximate surface area is 118 Å². The molecule has 3 rings (SSSR count). The van der Waals surface area contributed by atoms with E-state index >= 15 is 0 Å². The molecule has 0 radical (unpaired) electrons. The van der Waals surface area contributed by atoms with E-state index < -0.39 is 5.97 Å². The third-order valence-corrected chi connectivity index (χ3v) is 4.90. The number of carbonyl (C=O) groups is 1. The van der Waals surface area contributed by atoms with Crippen molar-refractivity contribution in [2.24, 2.45) is 11.3 Å².